The lowest BCUT2D eigenvalue weighted by molar-refractivity contribution is -0.119. The van der Waals surface area contributed by atoms with Gasteiger partial charge < -0.3 is 15.4 Å². The van der Waals surface area contributed by atoms with E-state index in [9.17, 15) is 14.0 Å². The fourth-order valence-corrected chi connectivity index (χ4v) is 3.00. The number of anilines is 1. The van der Waals surface area contributed by atoms with Crippen LogP contribution in [0.5, 0.6) is 0 Å². The van der Waals surface area contributed by atoms with E-state index in [1.165, 1.54) is 16.8 Å². The minimum Gasteiger partial charge on any atom is -0.445 e. The van der Waals surface area contributed by atoms with Crippen LogP contribution < -0.4 is 10.6 Å². The Balaban J connectivity index is 1.64. The lowest BCUT2D eigenvalue weighted by atomic mass is 9.98. The minimum atomic E-state index is -0.831. The second-order valence-electron chi connectivity index (χ2n) is 7.18. The van der Waals surface area contributed by atoms with E-state index < -0.39 is 23.9 Å². The number of amides is 2. The number of carbonyl (C=O) groups is 2. The zero-order chi connectivity index (χ0) is 22.2. The van der Waals surface area contributed by atoms with Crippen molar-refractivity contribution in [1.29, 1.82) is 0 Å². The Morgan fingerprint density at radius 2 is 1.94 bits per heavy atom. The van der Waals surface area contributed by atoms with Gasteiger partial charge in [0.25, 0.3) is 0 Å². The van der Waals surface area contributed by atoms with Crippen molar-refractivity contribution in [3.05, 3.63) is 78.4 Å². The molecular formula is C23H25FN4O3. The lowest BCUT2D eigenvalue weighted by Crippen LogP contribution is -2.47. The number of benzene rings is 2. The molecule has 0 spiro atoms. The van der Waals surface area contributed by atoms with Crippen molar-refractivity contribution in [2.24, 2.45) is 5.92 Å². The molecule has 0 saturated carbocycles. The highest BCUT2D eigenvalue weighted by molar-refractivity contribution is 5.96. The molecule has 2 N–H and O–H groups in total. The van der Waals surface area contributed by atoms with Crippen molar-refractivity contribution in [3.63, 3.8) is 0 Å². The molecule has 0 aliphatic rings. The van der Waals surface area contributed by atoms with Crippen LogP contribution >= 0.6 is 0 Å². The van der Waals surface area contributed by atoms with Crippen LogP contribution in [0.25, 0.3) is 5.69 Å². The van der Waals surface area contributed by atoms with E-state index in [0.29, 0.717) is 6.42 Å². The topological polar surface area (TPSA) is 85.2 Å². The highest BCUT2D eigenvalue weighted by Gasteiger charge is 2.27. The van der Waals surface area contributed by atoms with Gasteiger partial charge in [0, 0.05) is 18.1 Å². The van der Waals surface area contributed by atoms with Gasteiger partial charge in [0.05, 0.1) is 0 Å². The van der Waals surface area contributed by atoms with Crippen molar-refractivity contribution >= 4 is 17.7 Å². The molecule has 1 heterocycles. The minimum absolute atomic E-state index is 0.0988. The molecule has 0 fully saturated rings. The van der Waals surface area contributed by atoms with Crippen LogP contribution in [0.2, 0.25) is 0 Å². The Hall–Kier alpha value is -3.68. The molecule has 7 nitrogen and oxygen atoms in total. The first-order valence-electron chi connectivity index (χ1n) is 10.1. The standard InChI is InChI=1S/C23H25FN4O3/c1-3-16(2)21(27-23(30)31-15-17-8-5-4-6-9-17)22(29)26-18-10-11-20(19(24)14-18)28-13-7-12-25-28/h4-14,16,21H,3,15H2,1-2H3,(H,26,29)(H,27,30)/t16-,21-/m0/s1. The zero-order valence-electron chi connectivity index (χ0n) is 17.4. The highest BCUT2D eigenvalue weighted by Crippen LogP contribution is 2.19. The maximum atomic E-state index is 14.5. The summed E-state index contributed by atoms with van der Waals surface area (Å²) >= 11 is 0. The Morgan fingerprint density at radius 3 is 2.58 bits per heavy atom. The smallest absolute Gasteiger partial charge is 0.408 e. The van der Waals surface area contributed by atoms with Gasteiger partial charge in [-0.1, -0.05) is 50.6 Å². The van der Waals surface area contributed by atoms with Gasteiger partial charge in [-0.2, -0.15) is 5.10 Å². The maximum absolute atomic E-state index is 14.5. The predicted molar refractivity (Wildman–Crippen MR) is 115 cm³/mol. The Labute approximate surface area is 180 Å². The third kappa shape index (κ3) is 5.91. The first kappa shape index (κ1) is 22.0. The summed E-state index contributed by atoms with van der Waals surface area (Å²) in [5, 5.41) is 9.30. The van der Waals surface area contributed by atoms with Gasteiger partial charge in [0.1, 0.15) is 18.3 Å². The second-order valence-corrected chi connectivity index (χ2v) is 7.18. The third-order valence-corrected chi connectivity index (χ3v) is 4.95. The van der Waals surface area contributed by atoms with Crippen LogP contribution in [0.1, 0.15) is 25.8 Å². The second kappa shape index (κ2) is 10.4. The van der Waals surface area contributed by atoms with Crippen LogP contribution in [-0.2, 0) is 16.1 Å². The van der Waals surface area contributed by atoms with Crippen molar-refractivity contribution in [1.82, 2.24) is 15.1 Å². The molecule has 0 unspecified atom stereocenters. The summed E-state index contributed by atoms with van der Waals surface area (Å²) in [6, 6.07) is 14.4. The van der Waals surface area contributed by atoms with Crippen molar-refractivity contribution in [2.75, 3.05) is 5.32 Å². The number of rotatable bonds is 8. The summed E-state index contributed by atoms with van der Waals surface area (Å²) in [7, 11) is 0. The molecule has 3 aromatic rings. The quantitative estimate of drug-likeness (QED) is 0.565. The Bertz CT molecular complexity index is 1010. The fraction of sp³-hybridized carbons (Fsp3) is 0.261. The number of alkyl carbamates (subject to hydrolysis) is 1. The molecule has 162 valence electrons. The number of halogens is 1. The first-order chi connectivity index (χ1) is 15.0. The molecule has 2 atom stereocenters. The number of hydrogen-bond acceptors (Lipinski definition) is 4. The van der Waals surface area contributed by atoms with E-state index in [4.69, 9.17) is 4.74 Å². The van der Waals surface area contributed by atoms with E-state index in [-0.39, 0.29) is 23.9 Å². The first-order valence-corrected chi connectivity index (χ1v) is 10.1. The molecule has 0 saturated heterocycles. The number of carbonyl (C=O) groups excluding carboxylic acids is 2. The van der Waals surface area contributed by atoms with Gasteiger partial charge in [0.2, 0.25) is 5.91 Å². The van der Waals surface area contributed by atoms with E-state index in [0.717, 1.165) is 5.56 Å². The summed E-state index contributed by atoms with van der Waals surface area (Å²) in [4.78, 5) is 25.1. The molecule has 1 aromatic heterocycles. The number of ether oxygens (including phenoxy) is 1. The zero-order valence-corrected chi connectivity index (χ0v) is 17.4. The van der Waals surface area contributed by atoms with E-state index in [1.54, 1.807) is 24.5 Å². The van der Waals surface area contributed by atoms with Crippen molar-refractivity contribution in [3.8, 4) is 5.69 Å². The number of aromatic nitrogens is 2. The summed E-state index contributed by atoms with van der Waals surface area (Å²) < 4.78 is 21.1. The predicted octanol–water partition coefficient (Wildman–Crippen LogP) is 4.29. The van der Waals surface area contributed by atoms with Gasteiger partial charge in [-0.15, -0.1) is 0 Å². The normalized spacial score (nSPS) is 12.6. The third-order valence-electron chi connectivity index (χ3n) is 4.95. The van der Waals surface area contributed by atoms with Gasteiger partial charge in [-0.3, -0.25) is 4.79 Å². The van der Waals surface area contributed by atoms with Gasteiger partial charge >= 0.3 is 6.09 Å². The highest BCUT2D eigenvalue weighted by atomic mass is 19.1. The number of hydrogen-bond donors (Lipinski definition) is 2. The van der Waals surface area contributed by atoms with E-state index >= 15 is 0 Å². The molecule has 0 bridgehead atoms. The molecule has 3 rings (SSSR count). The maximum Gasteiger partial charge on any atom is 0.408 e. The lowest BCUT2D eigenvalue weighted by Gasteiger charge is -2.23. The van der Waals surface area contributed by atoms with Gasteiger partial charge in [0.15, 0.2) is 5.82 Å². The van der Waals surface area contributed by atoms with Crippen LogP contribution in [0.4, 0.5) is 14.9 Å². The van der Waals surface area contributed by atoms with E-state index in [2.05, 4.69) is 15.7 Å². The van der Waals surface area contributed by atoms with Crippen molar-refractivity contribution in [2.45, 2.75) is 32.9 Å². The number of nitrogens with zero attached hydrogens (tertiary/aromatic N) is 2. The monoisotopic (exact) mass is 424 g/mol. The molecule has 0 aliphatic heterocycles. The van der Waals surface area contributed by atoms with Crippen LogP contribution in [0, 0.1) is 11.7 Å². The van der Waals surface area contributed by atoms with E-state index in [1.807, 2.05) is 44.2 Å². The molecule has 0 radical (unpaired) electrons. The fourth-order valence-electron chi connectivity index (χ4n) is 3.00. The van der Waals surface area contributed by atoms with Gasteiger partial charge in [-0.05, 0) is 35.7 Å². The molecule has 8 heteroatoms. The number of nitrogens with one attached hydrogen (secondary N) is 2. The molecular weight excluding hydrogens is 399 g/mol. The van der Waals surface area contributed by atoms with Crippen LogP contribution in [0.3, 0.4) is 0 Å². The molecule has 2 amide bonds. The summed E-state index contributed by atoms with van der Waals surface area (Å²) in [6.07, 6.45) is 3.14. The SMILES string of the molecule is CC[C@H](C)[C@H](NC(=O)OCc1ccccc1)C(=O)Nc1ccc(-n2cccn2)c(F)c1. The van der Waals surface area contributed by atoms with Gasteiger partial charge in [-0.25, -0.2) is 13.9 Å². The molecule has 2 aromatic carbocycles. The van der Waals surface area contributed by atoms with Crippen LogP contribution in [-0.4, -0.2) is 27.8 Å². The largest absolute Gasteiger partial charge is 0.445 e. The Kier molecular flexibility index (Phi) is 7.37. The average Bonchev–Trinajstić information content (AvgIpc) is 3.31. The Morgan fingerprint density at radius 1 is 1.16 bits per heavy atom. The summed E-state index contributed by atoms with van der Waals surface area (Å²) in [6.45, 7) is 3.87. The molecule has 31 heavy (non-hydrogen) atoms. The average molecular weight is 424 g/mol. The van der Waals surface area contributed by atoms with Crippen molar-refractivity contribution < 1.29 is 18.7 Å². The molecule has 0 aliphatic carbocycles. The summed E-state index contributed by atoms with van der Waals surface area (Å²) in [5.74, 6) is -1.13. The summed E-state index contributed by atoms with van der Waals surface area (Å²) in [5.41, 5.74) is 1.39. The van der Waals surface area contributed by atoms with Crippen LogP contribution in [0.15, 0.2) is 67.0 Å².